The molecule has 8 heteroatoms. The van der Waals surface area contributed by atoms with Crippen molar-refractivity contribution in [2.45, 2.75) is 12.8 Å². The Kier molecular flexibility index (Phi) is 5.02. The maximum Gasteiger partial charge on any atom is 0.324 e. The summed E-state index contributed by atoms with van der Waals surface area (Å²) in [4.78, 5) is 37.4. The minimum absolute atomic E-state index is 0.119. The Balaban J connectivity index is 1.33. The highest BCUT2D eigenvalue weighted by Crippen LogP contribution is 2.10. The number of aromatic nitrogens is 2. The van der Waals surface area contributed by atoms with Crippen LogP contribution in [-0.2, 0) is 4.79 Å². The topological polar surface area (TPSA) is 81.7 Å². The quantitative estimate of drug-likeness (QED) is 0.584. The Morgan fingerprint density at radius 1 is 1.00 bits per heavy atom. The van der Waals surface area contributed by atoms with E-state index < -0.39 is 0 Å². The molecular weight excluding hydrogens is 296 g/mol. The van der Waals surface area contributed by atoms with Gasteiger partial charge in [-0.25, -0.2) is 14.8 Å². The maximum atomic E-state index is 11.5. The van der Waals surface area contributed by atoms with Gasteiger partial charge in [-0.3, -0.25) is 14.6 Å². The van der Waals surface area contributed by atoms with Crippen LogP contribution >= 0.6 is 0 Å². The fourth-order valence-corrected chi connectivity index (χ4v) is 2.91. The summed E-state index contributed by atoms with van der Waals surface area (Å²) in [5, 5.41) is 2.54. The van der Waals surface area contributed by atoms with Crippen molar-refractivity contribution in [2.24, 2.45) is 0 Å². The highest BCUT2D eigenvalue weighted by atomic mass is 16.2. The number of carbonyl (C=O) groups is 2. The molecule has 2 saturated heterocycles. The average Bonchev–Trinajstić information content (AvgIpc) is 2.92. The second kappa shape index (κ2) is 7.36. The monoisotopic (exact) mass is 318 g/mol. The Labute approximate surface area is 135 Å². The summed E-state index contributed by atoms with van der Waals surface area (Å²) < 4.78 is 0. The van der Waals surface area contributed by atoms with Crippen molar-refractivity contribution in [3.63, 3.8) is 0 Å². The van der Waals surface area contributed by atoms with Crippen LogP contribution in [0.4, 0.5) is 10.7 Å². The molecule has 2 aliphatic rings. The summed E-state index contributed by atoms with van der Waals surface area (Å²) in [6.07, 6.45) is 5.37. The number of urea groups is 1. The molecule has 0 aliphatic carbocycles. The molecular formula is C15H22N6O2. The van der Waals surface area contributed by atoms with Crippen LogP contribution in [0, 0.1) is 0 Å². The Bertz CT molecular complexity index is 528. The summed E-state index contributed by atoms with van der Waals surface area (Å²) in [6.45, 7) is 5.48. The van der Waals surface area contributed by atoms with Gasteiger partial charge in [-0.2, -0.15) is 0 Å². The molecule has 1 aromatic heterocycles. The van der Waals surface area contributed by atoms with Gasteiger partial charge in [0.25, 0.3) is 0 Å². The highest BCUT2D eigenvalue weighted by Gasteiger charge is 2.27. The second-order valence-electron chi connectivity index (χ2n) is 5.79. The van der Waals surface area contributed by atoms with Crippen LogP contribution in [-0.4, -0.2) is 77.5 Å². The number of nitrogens with zero attached hydrogens (tertiary/aromatic N) is 5. The fraction of sp³-hybridized carbons (Fsp3) is 0.600. The molecule has 1 aromatic rings. The van der Waals surface area contributed by atoms with Gasteiger partial charge < -0.3 is 10.2 Å². The van der Waals surface area contributed by atoms with Crippen LogP contribution in [0.2, 0.25) is 0 Å². The van der Waals surface area contributed by atoms with Crippen molar-refractivity contribution in [1.82, 2.24) is 25.1 Å². The maximum absolute atomic E-state index is 11.5. The molecule has 2 aliphatic heterocycles. The van der Waals surface area contributed by atoms with Gasteiger partial charge >= 0.3 is 6.03 Å². The van der Waals surface area contributed by atoms with Gasteiger partial charge in [-0.05, 0) is 25.5 Å². The van der Waals surface area contributed by atoms with E-state index in [-0.39, 0.29) is 18.5 Å². The molecule has 23 heavy (non-hydrogen) atoms. The van der Waals surface area contributed by atoms with E-state index in [2.05, 4.69) is 25.1 Å². The van der Waals surface area contributed by atoms with Crippen LogP contribution in [0.3, 0.4) is 0 Å². The van der Waals surface area contributed by atoms with Gasteiger partial charge in [0.15, 0.2) is 0 Å². The number of rotatable bonds is 6. The molecule has 124 valence electrons. The Hall–Kier alpha value is -2.22. The summed E-state index contributed by atoms with van der Waals surface area (Å²) in [5.74, 6) is 0.678. The first-order valence-corrected chi connectivity index (χ1v) is 8.06. The molecule has 0 unspecified atom stereocenters. The summed E-state index contributed by atoms with van der Waals surface area (Å²) in [5.41, 5.74) is 0. The molecule has 3 heterocycles. The standard InChI is InChI=1S/C15H22N6O2/c22-13-12-18-15(23)21(13)7-2-1-6-19-8-10-20(11-9-19)14-16-4-3-5-17-14/h3-5H,1-2,6-12H2,(H,18,23). The number of imide groups is 1. The van der Waals surface area contributed by atoms with Crippen molar-refractivity contribution in [3.8, 4) is 0 Å². The molecule has 2 fully saturated rings. The van der Waals surface area contributed by atoms with E-state index in [0.717, 1.165) is 51.5 Å². The molecule has 0 bridgehead atoms. The minimum atomic E-state index is -0.258. The third-order valence-electron chi connectivity index (χ3n) is 4.25. The lowest BCUT2D eigenvalue weighted by molar-refractivity contribution is -0.125. The van der Waals surface area contributed by atoms with Gasteiger partial charge in [0, 0.05) is 45.1 Å². The number of carbonyl (C=O) groups excluding carboxylic acids is 2. The first kappa shape index (κ1) is 15.7. The van der Waals surface area contributed by atoms with E-state index in [0.29, 0.717) is 6.54 Å². The Morgan fingerprint density at radius 2 is 1.70 bits per heavy atom. The molecule has 0 saturated carbocycles. The zero-order valence-electron chi connectivity index (χ0n) is 13.1. The van der Waals surface area contributed by atoms with Crippen LogP contribution in [0.15, 0.2) is 18.5 Å². The zero-order chi connectivity index (χ0) is 16.1. The normalized spacial score (nSPS) is 19.3. The lowest BCUT2D eigenvalue weighted by Crippen LogP contribution is -2.47. The average molecular weight is 318 g/mol. The summed E-state index contributed by atoms with van der Waals surface area (Å²) in [7, 11) is 0. The zero-order valence-corrected chi connectivity index (χ0v) is 13.1. The van der Waals surface area contributed by atoms with Gasteiger partial charge in [0.1, 0.15) is 0 Å². The molecule has 0 spiro atoms. The van der Waals surface area contributed by atoms with Crippen molar-refractivity contribution >= 4 is 17.9 Å². The number of hydrogen-bond donors (Lipinski definition) is 1. The van der Waals surface area contributed by atoms with Crippen LogP contribution in [0.5, 0.6) is 0 Å². The van der Waals surface area contributed by atoms with Crippen LogP contribution in [0.25, 0.3) is 0 Å². The van der Waals surface area contributed by atoms with Crippen LogP contribution in [0.1, 0.15) is 12.8 Å². The van der Waals surface area contributed by atoms with Crippen molar-refractivity contribution < 1.29 is 9.59 Å². The second-order valence-corrected chi connectivity index (χ2v) is 5.79. The van der Waals surface area contributed by atoms with E-state index in [1.165, 1.54) is 4.90 Å². The molecule has 1 N–H and O–H groups in total. The van der Waals surface area contributed by atoms with E-state index in [4.69, 9.17) is 0 Å². The molecule has 8 nitrogen and oxygen atoms in total. The van der Waals surface area contributed by atoms with E-state index >= 15 is 0 Å². The third kappa shape index (κ3) is 3.95. The fourth-order valence-electron chi connectivity index (χ4n) is 2.91. The lowest BCUT2D eigenvalue weighted by atomic mass is 10.2. The third-order valence-corrected chi connectivity index (χ3v) is 4.25. The number of anilines is 1. The minimum Gasteiger partial charge on any atom is -0.338 e. The first-order chi connectivity index (χ1) is 11.2. The number of piperazine rings is 1. The number of hydrogen-bond acceptors (Lipinski definition) is 6. The predicted molar refractivity (Wildman–Crippen MR) is 85.0 cm³/mol. The largest absolute Gasteiger partial charge is 0.338 e. The lowest BCUT2D eigenvalue weighted by Gasteiger charge is -2.34. The van der Waals surface area contributed by atoms with Crippen molar-refractivity contribution in [2.75, 3.05) is 50.7 Å². The first-order valence-electron chi connectivity index (χ1n) is 8.06. The molecule has 3 rings (SSSR count). The summed E-state index contributed by atoms with van der Waals surface area (Å²) >= 11 is 0. The van der Waals surface area contributed by atoms with Gasteiger partial charge in [0.05, 0.1) is 6.54 Å². The van der Waals surface area contributed by atoms with E-state index in [1.807, 2.05) is 6.07 Å². The highest BCUT2D eigenvalue weighted by molar-refractivity contribution is 6.01. The number of nitrogens with one attached hydrogen (secondary N) is 1. The molecule has 3 amide bonds. The molecule has 0 aromatic carbocycles. The van der Waals surface area contributed by atoms with Crippen molar-refractivity contribution in [3.05, 3.63) is 18.5 Å². The van der Waals surface area contributed by atoms with Gasteiger partial charge in [-0.1, -0.05) is 0 Å². The van der Waals surface area contributed by atoms with E-state index in [9.17, 15) is 9.59 Å². The SMILES string of the molecule is O=C1CNC(=O)N1CCCCN1CCN(c2ncccn2)CC1. The predicted octanol–water partition coefficient (Wildman–Crippen LogP) is -0.0694. The summed E-state index contributed by atoms with van der Waals surface area (Å²) in [6, 6.07) is 1.57. The molecule has 0 radical (unpaired) electrons. The van der Waals surface area contributed by atoms with Gasteiger partial charge in [-0.15, -0.1) is 0 Å². The smallest absolute Gasteiger partial charge is 0.324 e. The molecule has 0 atom stereocenters. The Morgan fingerprint density at radius 3 is 2.35 bits per heavy atom. The van der Waals surface area contributed by atoms with Crippen molar-refractivity contribution in [1.29, 1.82) is 0 Å². The number of amides is 3. The number of unbranched alkanes of at least 4 members (excludes halogenated alkanes) is 1. The van der Waals surface area contributed by atoms with Crippen LogP contribution < -0.4 is 10.2 Å². The van der Waals surface area contributed by atoms with Gasteiger partial charge in [0.2, 0.25) is 11.9 Å². The van der Waals surface area contributed by atoms with E-state index in [1.54, 1.807) is 12.4 Å².